The molecule has 0 aliphatic rings. The van der Waals surface area contributed by atoms with E-state index in [0.29, 0.717) is 12.5 Å². The van der Waals surface area contributed by atoms with Crippen molar-refractivity contribution in [2.45, 2.75) is 0 Å². The molecule has 1 N–H and O–H groups in total. The number of halogens is 1. The molecule has 0 amide bonds. The fourth-order valence-corrected chi connectivity index (χ4v) is 0.918. The van der Waals surface area contributed by atoms with Gasteiger partial charge >= 0.3 is 0 Å². The van der Waals surface area contributed by atoms with Gasteiger partial charge in [-0.25, -0.2) is 0 Å². The van der Waals surface area contributed by atoms with Gasteiger partial charge in [0.1, 0.15) is 19.0 Å². The van der Waals surface area contributed by atoms with E-state index in [1.807, 2.05) is 12.1 Å². The summed E-state index contributed by atoms with van der Waals surface area (Å²) in [6, 6.07) is 7.16. The number of aliphatic hydroxyl groups is 1. The average molecular weight is 186 g/mol. The molecule has 1 rings (SSSR count). The second-order valence-corrected chi connectivity index (χ2v) is 2.62. The Hall–Kier alpha value is -0.730. The van der Waals surface area contributed by atoms with E-state index >= 15 is 0 Å². The highest BCUT2D eigenvalue weighted by atomic mass is 35.5. The van der Waals surface area contributed by atoms with Gasteiger partial charge < -0.3 is 9.84 Å². The highest BCUT2D eigenvalue weighted by molar-refractivity contribution is 6.17. The summed E-state index contributed by atoms with van der Waals surface area (Å²) < 4.78 is 5.23. The number of hydrogen-bond acceptors (Lipinski definition) is 2. The highest BCUT2D eigenvalue weighted by Gasteiger charge is 1.94. The fourth-order valence-electron chi connectivity index (χ4n) is 0.841. The first kappa shape index (κ1) is 9.36. The van der Waals surface area contributed by atoms with Gasteiger partial charge in [-0.1, -0.05) is 12.1 Å². The normalized spacial score (nSPS) is 9.83. The third-order valence-electron chi connectivity index (χ3n) is 1.35. The monoisotopic (exact) mass is 185 g/mol. The summed E-state index contributed by atoms with van der Waals surface area (Å²) in [6.45, 7) is 1.52. The van der Waals surface area contributed by atoms with Crippen LogP contribution in [0.1, 0.15) is 5.56 Å². The summed E-state index contributed by atoms with van der Waals surface area (Å²) in [7, 11) is 0. The van der Waals surface area contributed by atoms with Crippen molar-refractivity contribution in [2.24, 2.45) is 0 Å². The number of benzene rings is 1. The molecule has 0 aromatic heterocycles. The van der Waals surface area contributed by atoms with Crippen molar-refractivity contribution < 1.29 is 9.84 Å². The van der Waals surface area contributed by atoms with E-state index in [2.05, 4.69) is 0 Å². The topological polar surface area (TPSA) is 29.5 Å². The molecule has 0 aliphatic carbocycles. The molecule has 1 aromatic rings. The van der Waals surface area contributed by atoms with Crippen LogP contribution in [-0.4, -0.2) is 17.6 Å². The molecule has 2 nitrogen and oxygen atoms in total. The van der Waals surface area contributed by atoms with E-state index in [1.54, 1.807) is 12.1 Å². The lowest BCUT2D eigenvalue weighted by Crippen LogP contribution is -1.98. The molecule has 0 fully saturated rings. The van der Waals surface area contributed by atoms with Gasteiger partial charge in [0, 0.05) is 0 Å². The molecule has 3 heteroatoms. The largest absolute Gasteiger partial charge is 0.492 e. The minimum atomic E-state index is 0.465. The SMILES string of the molecule is O[CH]c1cccc(OCCCl)c1. The van der Waals surface area contributed by atoms with Gasteiger partial charge in [-0.05, 0) is 17.7 Å². The molecule has 0 heterocycles. The van der Waals surface area contributed by atoms with Gasteiger partial charge in [0.05, 0.1) is 5.88 Å². The molecule has 12 heavy (non-hydrogen) atoms. The maximum atomic E-state index is 8.68. The molecule has 1 radical (unpaired) electrons. The van der Waals surface area contributed by atoms with Crippen LogP contribution in [-0.2, 0) is 0 Å². The molecular formula is C9H10ClO2. The first-order chi connectivity index (χ1) is 5.86. The van der Waals surface area contributed by atoms with Crippen LogP contribution in [0.4, 0.5) is 0 Å². The smallest absolute Gasteiger partial charge is 0.119 e. The molecule has 0 unspecified atom stereocenters. The summed E-state index contributed by atoms with van der Waals surface area (Å²) >= 11 is 5.44. The van der Waals surface area contributed by atoms with Gasteiger partial charge in [-0.2, -0.15) is 0 Å². The molecule has 0 atom stereocenters. The first-order valence-corrected chi connectivity index (χ1v) is 4.16. The van der Waals surface area contributed by atoms with Gasteiger partial charge in [-0.15, -0.1) is 11.6 Å². The number of alkyl halides is 1. The van der Waals surface area contributed by atoms with Crippen LogP contribution in [0.15, 0.2) is 24.3 Å². The Morgan fingerprint density at radius 2 is 2.33 bits per heavy atom. The molecule has 1 aromatic carbocycles. The summed E-state index contributed by atoms with van der Waals surface area (Å²) in [5.41, 5.74) is 0.724. The van der Waals surface area contributed by atoms with Gasteiger partial charge in [0.25, 0.3) is 0 Å². The van der Waals surface area contributed by atoms with Gasteiger partial charge in [-0.3, -0.25) is 0 Å². The molecule has 0 bridgehead atoms. The summed E-state index contributed by atoms with van der Waals surface area (Å²) in [5.74, 6) is 1.19. The summed E-state index contributed by atoms with van der Waals surface area (Å²) in [6.07, 6.45) is 0. The van der Waals surface area contributed by atoms with Crippen molar-refractivity contribution in [3.8, 4) is 5.75 Å². The summed E-state index contributed by atoms with van der Waals surface area (Å²) in [4.78, 5) is 0. The lowest BCUT2D eigenvalue weighted by molar-refractivity contribution is 0.341. The van der Waals surface area contributed by atoms with Gasteiger partial charge in [0.15, 0.2) is 0 Å². The average Bonchev–Trinajstić information content (AvgIpc) is 2.15. The number of ether oxygens (including phenoxy) is 1. The van der Waals surface area contributed by atoms with Crippen LogP contribution in [0.5, 0.6) is 5.75 Å². The number of rotatable bonds is 4. The van der Waals surface area contributed by atoms with Crippen molar-refractivity contribution in [1.29, 1.82) is 0 Å². The lowest BCUT2D eigenvalue weighted by Gasteiger charge is -2.04. The molecule has 0 saturated carbocycles. The van der Waals surface area contributed by atoms with E-state index in [4.69, 9.17) is 21.4 Å². The van der Waals surface area contributed by atoms with Crippen LogP contribution < -0.4 is 4.74 Å². The van der Waals surface area contributed by atoms with Gasteiger partial charge in [0.2, 0.25) is 0 Å². The second-order valence-electron chi connectivity index (χ2n) is 2.24. The minimum Gasteiger partial charge on any atom is -0.492 e. The second kappa shape index (κ2) is 5.01. The van der Waals surface area contributed by atoms with E-state index in [0.717, 1.165) is 17.9 Å². The van der Waals surface area contributed by atoms with Crippen LogP contribution in [0.3, 0.4) is 0 Å². The fraction of sp³-hybridized carbons (Fsp3) is 0.222. The van der Waals surface area contributed by atoms with E-state index < -0.39 is 0 Å². The van der Waals surface area contributed by atoms with E-state index in [9.17, 15) is 0 Å². The molecular weight excluding hydrogens is 176 g/mol. The quantitative estimate of drug-likeness (QED) is 0.729. The molecule has 0 saturated heterocycles. The third-order valence-corrected chi connectivity index (χ3v) is 1.51. The zero-order valence-corrected chi connectivity index (χ0v) is 7.29. The molecule has 0 aliphatic heterocycles. The van der Waals surface area contributed by atoms with Crippen LogP contribution in [0, 0.1) is 6.61 Å². The van der Waals surface area contributed by atoms with Crippen LogP contribution in [0.25, 0.3) is 0 Å². The lowest BCUT2D eigenvalue weighted by atomic mass is 10.2. The molecule has 0 spiro atoms. The van der Waals surface area contributed by atoms with Crippen molar-refractivity contribution in [1.82, 2.24) is 0 Å². The van der Waals surface area contributed by atoms with Crippen molar-refractivity contribution in [3.05, 3.63) is 36.4 Å². The zero-order valence-electron chi connectivity index (χ0n) is 6.53. The maximum absolute atomic E-state index is 8.68. The Kier molecular flexibility index (Phi) is 3.91. The Morgan fingerprint density at radius 3 is 3.00 bits per heavy atom. The maximum Gasteiger partial charge on any atom is 0.119 e. The minimum absolute atomic E-state index is 0.465. The Labute approximate surface area is 76.7 Å². The number of aliphatic hydroxyl groups excluding tert-OH is 1. The first-order valence-electron chi connectivity index (χ1n) is 3.63. The zero-order chi connectivity index (χ0) is 8.81. The van der Waals surface area contributed by atoms with Crippen molar-refractivity contribution >= 4 is 11.6 Å². The molecule has 65 valence electrons. The third kappa shape index (κ3) is 2.72. The Morgan fingerprint density at radius 1 is 1.50 bits per heavy atom. The van der Waals surface area contributed by atoms with Crippen LogP contribution >= 0.6 is 11.6 Å². The number of hydrogen-bond donors (Lipinski definition) is 1. The Balaban J connectivity index is 2.60. The summed E-state index contributed by atoms with van der Waals surface area (Å²) in [5, 5.41) is 8.68. The predicted molar refractivity (Wildman–Crippen MR) is 48.0 cm³/mol. The van der Waals surface area contributed by atoms with Crippen molar-refractivity contribution in [2.75, 3.05) is 12.5 Å². The predicted octanol–water partition coefficient (Wildman–Crippen LogP) is 2.19. The highest BCUT2D eigenvalue weighted by Crippen LogP contribution is 2.13. The van der Waals surface area contributed by atoms with Crippen LogP contribution in [0.2, 0.25) is 0 Å². The van der Waals surface area contributed by atoms with E-state index in [1.165, 1.54) is 0 Å². The van der Waals surface area contributed by atoms with E-state index in [-0.39, 0.29) is 0 Å². The Bertz CT molecular complexity index is 238. The standard InChI is InChI=1S/C9H10ClO2/c10-4-5-12-9-3-1-2-8(6-9)7-11/h1-3,6-7,11H,4-5H2. The van der Waals surface area contributed by atoms with Crippen molar-refractivity contribution in [3.63, 3.8) is 0 Å².